The Labute approximate surface area is 97.1 Å². The number of rotatable bonds is 4. The Morgan fingerprint density at radius 1 is 1.35 bits per heavy atom. The molecule has 0 bridgehead atoms. The van der Waals surface area contributed by atoms with Crippen LogP contribution in [0.1, 0.15) is 16.8 Å². The maximum Gasteiger partial charge on any atom is 0.248 e. The fraction of sp³-hybridized carbons (Fsp3) is 0.100. The van der Waals surface area contributed by atoms with Crippen LogP contribution in [0.15, 0.2) is 29.4 Å². The Kier molecular flexibility index (Phi) is 4.04. The van der Waals surface area contributed by atoms with Crippen molar-refractivity contribution in [2.45, 2.75) is 6.42 Å². The summed E-state index contributed by atoms with van der Waals surface area (Å²) in [4.78, 5) is 22.3. The molecule has 1 aromatic rings. The van der Waals surface area contributed by atoms with E-state index >= 15 is 0 Å². The lowest BCUT2D eigenvalue weighted by Gasteiger charge is -2.05. The molecule has 0 heterocycles. The number of anilines is 1. The number of amides is 2. The molecule has 0 saturated carbocycles. The van der Waals surface area contributed by atoms with Crippen molar-refractivity contribution in [3.8, 4) is 0 Å². The highest BCUT2D eigenvalue weighted by atomic mass is 16.4. The SMILES string of the molecule is NC(=O)c1cccc(NC(=O)C/C(N)=N/O)c1. The van der Waals surface area contributed by atoms with Gasteiger partial charge in [0.15, 0.2) is 0 Å². The van der Waals surface area contributed by atoms with E-state index in [2.05, 4.69) is 10.5 Å². The highest BCUT2D eigenvalue weighted by molar-refractivity contribution is 6.05. The molecule has 0 spiro atoms. The van der Waals surface area contributed by atoms with Crippen LogP contribution < -0.4 is 16.8 Å². The van der Waals surface area contributed by atoms with E-state index in [1.54, 1.807) is 12.1 Å². The van der Waals surface area contributed by atoms with Gasteiger partial charge in [0, 0.05) is 11.3 Å². The van der Waals surface area contributed by atoms with E-state index in [1.807, 2.05) is 0 Å². The van der Waals surface area contributed by atoms with Gasteiger partial charge in [0.2, 0.25) is 11.8 Å². The van der Waals surface area contributed by atoms with Crippen LogP contribution in [-0.4, -0.2) is 22.9 Å². The summed E-state index contributed by atoms with van der Waals surface area (Å²) < 4.78 is 0. The van der Waals surface area contributed by atoms with E-state index in [9.17, 15) is 9.59 Å². The lowest BCUT2D eigenvalue weighted by atomic mass is 10.2. The van der Waals surface area contributed by atoms with Gasteiger partial charge in [-0.3, -0.25) is 9.59 Å². The first kappa shape index (κ1) is 12.5. The van der Waals surface area contributed by atoms with Crippen molar-refractivity contribution in [1.82, 2.24) is 0 Å². The first-order valence-electron chi connectivity index (χ1n) is 4.69. The lowest BCUT2D eigenvalue weighted by Crippen LogP contribution is -2.22. The smallest absolute Gasteiger partial charge is 0.248 e. The van der Waals surface area contributed by atoms with E-state index in [-0.39, 0.29) is 17.8 Å². The van der Waals surface area contributed by atoms with E-state index in [0.29, 0.717) is 5.69 Å². The van der Waals surface area contributed by atoms with Crippen LogP contribution in [0.3, 0.4) is 0 Å². The molecule has 1 aromatic carbocycles. The first-order valence-corrected chi connectivity index (χ1v) is 4.69. The van der Waals surface area contributed by atoms with Gasteiger partial charge in [0.1, 0.15) is 5.84 Å². The molecule has 0 saturated heterocycles. The predicted octanol–water partition coefficient (Wildman–Crippen LogP) is -0.139. The average Bonchev–Trinajstić information content (AvgIpc) is 2.28. The van der Waals surface area contributed by atoms with Crippen LogP contribution in [0.5, 0.6) is 0 Å². The van der Waals surface area contributed by atoms with Crippen LogP contribution >= 0.6 is 0 Å². The van der Waals surface area contributed by atoms with Gasteiger partial charge in [-0.05, 0) is 18.2 Å². The number of carbonyl (C=O) groups excluding carboxylic acids is 2. The minimum atomic E-state index is -0.586. The molecule has 0 aliphatic heterocycles. The fourth-order valence-electron chi connectivity index (χ4n) is 1.16. The number of benzene rings is 1. The van der Waals surface area contributed by atoms with Crippen LogP contribution in [0.25, 0.3) is 0 Å². The second-order valence-electron chi connectivity index (χ2n) is 3.26. The molecule has 2 amide bonds. The number of nitrogens with zero attached hydrogens (tertiary/aromatic N) is 1. The number of nitrogens with one attached hydrogen (secondary N) is 1. The summed E-state index contributed by atoms with van der Waals surface area (Å²) in [6.07, 6.45) is -0.239. The minimum absolute atomic E-state index is 0.200. The summed E-state index contributed by atoms with van der Waals surface area (Å²) in [7, 11) is 0. The van der Waals surface area contributed by atoms with Crippen LogP contribution in [0.4, 0.5) is 5.69 Å². The third kappa shape index (κ3) is 3.82. The number of hydrogen-bond donors (Lipinski definition) is 4. The zero-order chi connectivity index (χ0) is 12.8. The van der Waals surface area contributed by atoms with Crippen molar-refractivity contribution in [1.29, 1.82) is 0 Å². The van der Waals surface area contributed by atoms with Gasteiger partial charge in [-0.25, -0.2) is 0 Å². The summed E-state index contributed by atoms with van der Waals surface area (Å²) >= 11 is 0. The number of nitrogens with two attached hydrogens (primary N) is 2. The largest absolute Gasteiger partial charge is 0.409 e. The molecule has 7 heteroatoms. The Hall–Kier alpha value is -2.57. The molecule has 17 heavy (non-hydrogen) atoms. The zero-order valence-corrected chi connectivity index (χ0v) is 8.88. The summed E-state index contributed by atoms with van der Waals surface area (Å²) in [6.45, 7) is 0. The van der Waals surface area contributed by atoms with Crippen LogP contribution in [-0.2, 0) is 4.79 Å². The molecule has 1 rings (SSSR count). The Morgan fingerprint density at radius 2 is 2.06 bits per heavy atom. The second-order valence-corrected chi connectivity index (χ2v) is 3.26. The molecule has 0 fully saturated rings. The van der Waals surface area contributed by atoms with Crippen molar-refractivity contribution < 1.29 is 14.8 Å². The zero-order valence-electron chi connectivity index (χ0n) is 8.88. The van der Waals surface area contributed by atoms with Gasteiger partial charge in [-0.1, -0.05) is 11.2 Å². The van der Waals surface area contributed by atoms with E-state index in [1.165, 1.54) is 12.1 Å². The molecule has 0 unspecified atom stereocenters. The van der Waals surface area contributed by atoms with Crippen LogP contribution in [0, 0.1) is 0 Å². The highest BCUT2D eigenvalue weighted by Gasteiger charge is 2.07. The maximum absolute atomic E-state index is 11.4. The molecular weight excluding hydrogens is 224 g/mol. The monoisotopic (exact) mass is 236 g/mol. The molecular formula is C10H12N4O3. The number of primary amides is 1. The van der Waals surface area contributed by atoms with E-state index < -0.39 is 11.8 Å². The van der Waals surface area contributed by atoms with Crippen LogP contribution in [0.2, 0.25) is 0 Å². The van der Waals surface area contributed by atoms with Gasteiger partial charge < -0.3 is 22.0 Å². The van der Waals surface area contributed by atoms with Gasteiger partial charge in [0.05, 0.1) is 6.42 Å². The molecule has 0 radical (unpaired) electrons. The summed E-state index contributed by atoms with van der Waals surface area (Å²) in [5.41, 5.74) is 11.0. The number of carbonyl (C=O) groups is 2. The first-order chi connectivity index (χ1) is 8.02. The predicted molar refractivity (Wildman–Crippen MR) is 61.6 cm³/mol. The van der Waals surface area contributed by atoms with Gasteiger partial charge in [-0.15, -0.1) is 0 Å². The molecule has 6 N–H and O–H groups in total. The fourth-order valence-corrected chi connectivity index (χ4v) is 1.16. The Morgan fingerprint density at radius 3 is 2.65 bits per heavy atom. The normalized spacial score (nSPS) is 10.9. The molecule has 0 aromatic heterocycles. The molecule has 0 atom stereocenters. The van der Waals surface area contributed by atoms with Gasteiger partial charge in [0.25, 0.3) is 0 Å². The van der Waals surface area contributed by atoms with Crippen molar-refractivity contribution in [2.24, 2.45) is 16.6 Å². The third-order valence-corrected chi connectivity index (χ3v) is 1.90. The van der Waals surface area contributed by atoms with Gasteiger partial charge >= 0.3 is 0 Å². The summed E-state index contributed by atoms with van der Waals surface area (Å²) in [5, 5.41) is 13.4. The quantitative estimate of drug-likeness (QED) is 0.251. The maximum atomic E-state index is 11.4. The lowest BCUT2D eigenvalue weighted by molar-refractivity contribution is -0.115. The highest BCUT2D eigenvalue weighted by Crippen LogP contribution is 2.10. The third-order valence-electron chi connectivity index (χ3n) is 1.90. The molecule has 0 aliphatic carbocycles. The molecule has 7 nitrogen and oxygen atoms in total. The Balaban J connectivity index is 2.72. The number of amidine groups is 1. The van der Waals surface area contributed by atoms with Crippen molar-refractivity contribution in [3.63, 3.8) is 0 Å². The van der Waals surface area contributed by atoms with E-state index in [4.69, 9.17) is 16.7 Å². The average molecular weight is 236 g/mol. The summed E-state index contributed by atoms with van der Waals surface area (Å²) in [6, 6.07) is 6.14. The number of oxime groups is 1. The Bertz CT molecular complexity index is 470. The van der Waals surface area contributed by atoms with Crippen molar-refractivity contribution in [3.05, 3.63) is 29.8 Å². The topological polar surface area (TPSA) is 131 Å². The summed E-state index contributed by atoms with van der Waals surface area (Å²) in [5.74, 6) is -1.24. The number of hydrogen-bond acceptors (Lipinski definition) is 4. The van der Waals surface area contributed by atoms with Crippen molar-refractivity contribution >= 4 is 23.3 Å². The molecule has 90 valence electrons. The van der Waals surface area contributed by atoms with E-state index in [0.717, 1.165) is 0 Å². The standard InChI is InChI=1S/C10H12N4O3/c11-8(14-17)5-9(15)13-7-3-1-2-6(4-7)10(12)16/h1-4,17H,5H2,(H2,11,14)(H2,12,16)(H,13,15). The second kappa shape index (κ2) is 5.50. The molecule has 0 aliphatic rings. The van der Waals surface area contributed by atoms with Crippen molar-refractivity contribution in [2.75, 3.05) is 5.32 Å². The minimum Gasteiger partial charge on any atom is -0.409 e. The van der Waals surface area contributed by atoms with Gasteiger partial charge in [-0.2, -0.15) is 0 Å².